The predicted molar refractivity (Wildman–Crippen MR) is 129 cm³/mol. The van der Waals surface area contributed by atoms with Crippen molar-refractivity contribution in [2.45, 2.75) is 32.1 Å². The number of nitrogens with zero attached hydrogens (tertiary/aromatic N) is 3. The van der Waals surface area contributed by atoms with Crippen molar-refractivity contribution in [1.82, 2.24) is 20.0 Å². The molecular formula is C27H26N4O4. The zero-order valence-corrected chi connectivity index (χ0v) is 19.6. The van der Waals surface area contributed by atoms with E-state index in [9.17, 15) is 9.59 Å². The van der Waals surface area contributed by atoms with E-state index in [1.54, 1.807) is 48.1 Å². The van der Waals surface area contributed by atoms with Crippen LogP contribution >= 0.6 is 0 Å². The summed E-state index contributed by atoms with van der Waals surface area (Å²) in [5.74, 6) is 0.801. The number of fused-ring (bicyclic) bond motifs is 1. The highest BCUT2D eigenvalue weighted by Gasteiger charge is 2.48. The molecule has 2 amide bonds. The van der Waals surface area contributed by atoms with E-state index in [-0.39, 0.29) is 24.9 Å². The standard InChI is InChI=1S/C27H26N4O4/c1-27(26(33)28-16-19-7-4-3-5-8-19)18-31-24(25(32)30(27)17-22-9-6-14-35-22)15-23(29-31)20-10-12-21(34-2)13-11-20/h3-15H,16-18H2,1-2H3,(H,28,33)/t27-/m0/s1. The van der Waals surface area contributed by atoms with E-state index in [1.807, 2.05) is 54.6 Å². The van der Waals surface area contributed by atoms with Gasteiger partial charge in [0.15, 0.2) is 0 Å². The normalized spacial score (nSPS) is 17.2. The Hall–Kier alpha value is -4.33. The Bertz CT molecular complexity index is 1330. The molecule has 8 heteroatoms. The van der Waals surface area contributed by atoms with Crippen molar-refractivity contribution < 1.29 is 18.7 Å². The molecule has 8 nitrogen and oxygen atoms in total. The molecule has 1 aliphatic heterocycles. The zero-order chi connectivity index (χ0) is 24.4. The van der Waals surface area contributed by atoms with E-state index in [1.165, 1.54) is 0 Å². The topological polar surface area (TPSA) is 89.6 Å². The first-order chi connectivity index (χ1) is 17.0. The van der Waals surface area contributed by atoms with E-state index in [4.69, 9.17) is 9.15 Å². The van der Waals surface area contributed by atoms with Crippen LogP contribution < -0.4 is 10.1 Å². The number of hydrogen-bond donors (Lipinski definition) is 1. The van der Waals surface area contributed by atoms with Crippen molar-refractivity contribution in [1.29, 1.82) is 0 Å². The summed E-state index contributed by atoms with van der Waals surface area (Å²) in [6.45, 7) is 2.52. The van der Waals surface area contributed by atoms with Crippen molar-refractivity contribution in [3.8, 4) is 17.0 Å². The fourth-order valence-corrected chi connectivity index (χ4v) is 4.32. The fraction of sp³-hybridized carbons (Fsp3) is 0.222. The molecule has 178 valence electrons. The molecule has 0 aliphatic carbocycles. The van der Waals surface area contributed by atoms with Crippen LogP contribution in [0.25, 0.3) is 11.3 Å². The smallest absolute Gasteiger partial charge is 0.273 e. The lowest BCUT2D eigenvalue weighted by Crippen LogP contribution is -2.63. The summed E-state index contributed by atoms with van der Waals surface area (Å²) in [7, 11) is 1.61. The summed E-state index contributed by atoms with van der Waals surface area (Å²) in [4.78, 5) is 28.8. The van der Waals surface area contributed by atoms with Crippen molar-refractivity contribution in [2.24, 2.45) is 0 Å². The summed E-state index contributed by atoms with van der Waals surface area (Å²) in [5.41, 5.74) is 1.74. The van der Waals surface area contributed by atoms with Crippen LogP contribution in [0, 0.1) is 0 Å². The van der Waals surface area contributed by atoms with Gasteiger partial charge in [0.2, 0.25) is 5.91 Å². The van der Waals surface area contributed by atoms with Gasteiger partial charge in [-0.3, -0.25) is 14.3 Å². The van der Waals surface area contributed by atoms with Gasteiger partial charge in [-0.05, 0) is 55.0 Å². The van der Waals surface area contributed by atoms with E-state index in [2.05, 4.69) is 10.4 Å². The molecule has 0 radical (unpaired) electrons. The SMILES string of the molecule is COc1ccc(-c2cc3n(n2)C[C@@](C)(C(=O)NCc2ccccc2)N(Cc2ccco2)C3=O)cc1. The number of carbonyl (C=O) groups excluding carboxylic acids is 2. The average molecular weight is 471 g/mol. The van der Waals surface area contributed by atoms with Gasteiger partial charge in [-0.2, -0.15) is 5.10 Å². The Labute approximate surface area is 203 Å². The zero-order valence-electron chi connectivity index (χ0n) is 19.6. The highest BCUT2D eigenvalue weighted by molar-refractivity contribution is 6.00. The maximum atomic E-state index is 13.7. The maximum Gasteiger partial charge on any atom is 0.273 e. The van der Waals surface area contributed by atoms with Gasteiger partial charge in [-0.25, -0.2) is 0 Å². The molecule has 4 aromatic rings. The molecule has 0 unspecified atom stereocenters. The van der Waals surface area contributed by atoms with Crippen molar-refractivity contribution in [2.75, 3.05) is 7.11 Å². The molecule has 35 heavy (non-hydrogen) atoms. The Morgan fingerprint density at radius 2 is 1.89 bits per heavy atom. The number of rotatable bonds is 7. The summed E-state index contributed by atoms with van der Waals surface area (Å²) in [6, 6.07) is 22.5. The lowest BCUT2D eigenvalue weighted by atomic mass is 9.94. The first-order valence-electron chi connectivity index (χ1n) is 11.4. The number of furan rings is 1. The van der Waals surface area contributed by atoms with E-state index < -0.39 is 5.54 Å². The summed E-state index contributed by atoms with van der Waals surface area (Å²) >= 11 is 0. The number of methoxy groups -OCH3 is 1. The highest BCUT2D eigenvalue weighted by Crippen LogP contribution is 2.32. The number of hydrogen-bond acceptors (Lipinski definition) is 5. The number of carbonyl (C=O) groups is 2. The predicted octanol–water partition coefficient (Wildman–Crippen LogP) is 3.88. The number of aromatic nitrogens is 2. The van der Waals surface area contributed by atoms with Gasteiger partial charge in [-0.1, -0.05) is 30.3 Å². The molecule has 1 aliphatic rings. The summed E-state index contributed by atoms with van der Waals surface area (Å²) in [5, 5.41) is 7.68. The second-order valence-corrected chi connectivity index (χ2v) is 8.71. The molecule has 1 atom stereocenters. The Morgan fingerprint density at radius 3 is 2.57 bits per heavy atom. The third-order valence-corrected chi connectivity index (χ3v) is 6.36. The molecule has 0 saturated heterocycles. The first kappa shape index (κ1) is 22.5. The Kier molecular flexibility index (Phi) is 5.86. The number of amides is 2. The van der Waals surface area contributed by atoms with Crippen LogP contribution in [0.5, 0.6) is 5.75 Å². The lowest BCUT2D eigenvalue weighted by Gasteiger charge is -2.42. The van der Waals surface area contributed by atoms with Gasteiger partial charge in [0.25, 0.3) is 5.91 Å². The number of ether oxygens (including phenoxy) is 1. The van der Waals surface area contributed by atoms with Crippen LogP contribution in [-0.2, 0) is 24.4 Å². The Morgan fingerprint density at radius 1 is 1.11 bits per heavy atom. The molecular weight excluding hydrogens is 444 g/mol. The molecule has 1 N–H and O–H groups in total. The largest absolute Gasteiger partial charge is 0.497 e. The van der Waals surface area contributed by atoms with Gasteiger partial charge in [0.05, 0.1) is 32.2 Å². The highest BCUT2D eigenvalue weighted by atomic mass is 16.5. The molecule has 0 fully saturated rings. The second kappa shape index (κ2) is 9.13. The molecule has 0 bridgehead atoms. The molecule has 2 aromatic heterocycles. The molecule has 3 heterocycles. The molecule has 2 aromatic carbocycles. The first-order valence-corrected chi connectivity index (χ1v) is 11.4. The van der Waals surface area contributed by atoms with Gasteiger partial charge in [0, 0.05) is 12.1 Å². The van der Waals surface area contributed by atoms with Gasteiger partial charge in [-0.15, -0.1) is 0 Å². The molecule has 0 spiro atoms. The van der Waals surface area contributed by atoms with E-state index in [0.717, 1.165) is 16.9 Å². The van der Waals surface area contributed by atoms with Gasteiger partial charge in [0.1, 0.15) is 22.7 Å². The summed E-state index contributed by atoms with van der Waals surface area (Å²) < 4.78 is 12.4. The monoisotopic (exact) mass is 470 g/mol. The van der Waals surface area contributed by atoms with Crippen LogP contribution in [0.3, 0.4) is 0 Å². The number of benzene rings is 2. The van der Waals surface area contributed by atoms with Gasteiger partial charge < -0.3 is 19.4 Å². The third kappa shape index (κ3) is 4.30. The van der Waals surface area contributed by atoms with Crippen molar-refractivity contribution in [3.63, 3.8) is 0 Å². The number of nitrogens with one attached hydrogen (secondary N) is 1. The Balaban J connectivity index is 1.47. The third-order valence-electron chi connectivity index (χ3n) is 6.36. The maximum absolute atomic E-state index is 13.7. The van der Waals surface area contributed by atoms with Crippen molar-refractivity contribution >= 4 is 11.8 Å². The van der Waals surface area contributed by atoms with Crippen LogP contribution in [0.4, 0.5) is 0 Å². The van der Waals surface area contributed by atoms with Crippen molar-refractivity contribution in [3.05, 3.63) is 96.1 Å². The minimum Gasteiger partial charge on any atom is -0.497 e. The van der Waals surface area contributed by atoms with Crippen LogP contribution in [-0.4, -0.2) is 39.1 Å². The minimum atomic E-state index is -1.17. The van der Waals surface area contributed by atoms with Crippen LogP contribution in [0.15, 0.2) is 83.5 Å². The lowest BCUT2D eigenvalue weighted by molar-refractivity contribution is -0.133. The van der Waals surface area contributed by atoms with E-state index in [0.29, 0.717) is 23.7 Å². The van der Waals surface area contributed by atoms with Gasteiger partial charge >= 0.3 is 0 Å². The molecule has 5 rings (SSSR count). The quantitative estimate of drug-likeness (QED) is 0.443. The molecule has 0 saturated carbocycles. The average Bonchev–Trinajstić information content (AvgIpc) is 3.56. The fourth-order valence-electron chi connectivity index (χ4n) is 4.32. The second-order valence-electron chi connectivity index (χ2n) is 8.71. The summed E-state index contributed by atoms with van der Waals surface area (Å²) in [6.07, 6.45) is 1.56. The van der Waals surface area contributed by atoms with E-state index >= 15 is 0 Å². The van der Waals surface area contributed by atoms with Crippen LogP contribution in [0.1, 0.15) is 28.7 Å². The minimum absolute atomic E-state index is 0.171. The van der Waals surface area contributed by atoms with Crippen LogP contribution in [0.2, 0.25) is 0 Å².